The van der Waals surface area contributed by atoms with Crippen LogP contribution in [0.15, 0.2) is 42.5 Å². The largest absolute Gasteiger partial charge is 0.497 e. The summed E-state index contributed by atoms with van der Waals surface area (Å²) in [5, 5.41) is 3.24. The van der Waals surface area contributed by atoms with E-state index < -0.39 is 17.8 Å². The number of hydrogen-bond acceptors (Lipinski definition) is 5. The number of benzene rings is 2. The molecule has 0 aliphatic carbocycles. The van der Waals surface area contributed by atoms with E-state index in [4.69, 9.17) is 25.8 Å². The van der Waals surface area contributed by atoms with E-state index in [1.165, 1.54) is 0 Å². The number of methoxy groups -OCH3 is 1. The van der Waals surface area contributed by atoms with Crippen molar-refractivity contribution >= 4 is 29.2 Å². The number of esters is 1. The van der Waals surface area contributed by atoms with Crippen molar-refractivity contribution in [3.63, 3.8) is 0 Å². The summed E-state index contributed by atoms with van der Waals surface area (Å²) in [6, 6.07) is 12.2. The van der Waals surface area contributed by atoms with Gasteiger partial charge in [0.25, 0.3) is 5.91 Å². The second-order valence-corrected chi connectivity index (χ2v) is 6.29. The van der Waals surface area contributed by atoms with E-state index in [1.807, 2.05) is 0 Å². The summed E-state index contributed by atoms with van der Waals surface area (Å²) in [6.07, 6.45) is 0.465. The number of amides is 1. The lowest BCUT2D eigenvalue weighted by Gasteiger charge is -2.24. The SMILES string of the molecule is COc1cccc(NC(=O)COC(=O)[C@@H]2COc3ccc(Cl)cc3C2)c1. The molecule has 0 radical (unpaired) electrons. The van der Waals surface area contributed by atoms with E-state index in [0.717, 1.165) is 5.56 Å². The third kappa shape index (κ3) is 4.46. The minimum atomic E-state index is -0.476. The molecule has 1 aliphatic rings. The summed E-state index contributed by atoms with van der Waals surface area (Å²) in [4.78, 5) is 24.2. The Morgan fingerprint density at radius 1 is 1.27 bits per heavy atom. The topological polar surface area (TPSA) is 73.9 Å². The number of carbonyl (C=O) groups is 2. The van der Waals surface area contributed by atoms with Crippen LogP contribution in [0.5, 0.6) is 11.5 Å². The molecule has 0 aromatic heterocycles. The van der Waals surface area contributed by atoms with Gasteiger partial charge in [0.15, 0.2) is 6.61 Å². The first kappa shape index (κ1) is 18.1. The van der Waals surface area contributed by atoms with E-state index >= 15 is 0 Å². The lowest BCUT2D eigenvalue weighted by molar-refractivity contribution is -0.152. The average Bonchev–Trinajstić information content (AvgIpc) is 2.65. The van der Waals surface area contributed by atoms with Gasteiger partial charge in [0.1, 0.15) is 18.1 Å². The van der Waals surface area contributed by atoms with Crippen molar-refractivity contribution in [1.82, 2.24) is 0 Å². The summed E-state index contributed by atoms with van der Waals surface area (Å²) in [5.41, 5.74) is 1.42. The van der Waals surface area contributed by atoms with Crippen molar-refractivity contribution in [3.05, 3.63) is 53.1 Å². The number of halogens is 1. The second-order valence-electron chi connectivity index (χ2n) is 5.85. The van der Waals surface area contributed by atoms with Crippen molar-refractivity contribution in [2.75, 3.05) is 25.6 Å². The van der Waals surface area contributed by atoms with Crippen LogP contribution in [0.4, 0.5) is 5.69 Å². The van der Waals surface area contributed by atoms with Crippen molar-refractivity contribution in [2.45, 2.75) is 6.42 Å². The normalized spacial score (nSPS) is 15.4. The lowest BCUT2D eigenvalue weighted by Crippen LogP contribution is -2.31. The Hall–Kier alpha value is -2.73. The van der Waals surface area contributed by atoms with Crippen LogP contribution in [0.1, 0.15) is 5.56 Å². The molecule has 0 spiro atoms. The molecule has 136 valence electrons. The van der Waals surface area contributed by atoms with Gasteiger partial charge < -0.3 is 19.5 Å². The fraction of sp³-hybridized carbons (Fsp3) is 0.263. The third-order valence-electron chi connectivity index (χ3n) is 3.96. The highest BCUT2D eigenvalue weighted by atomic mass is 35.5. The smallest absolute Gasteiger partial charge is 0.313 e. The molecule has 0 bridgehead atoms. The van der Waals surface area contributed by atoms with Crippen LogP contribution in [-0.4, -0.2) is 32.2 Å². The molecule has 1 aliphatic heterocycles. The van der Waals surface area contributed by atoms with Gasteiger partial charge in [0, 0.05) is 16.8 Å². The summed E-state index contributed by atoms with van der Waals surface area (Å²) in [6.45, 7) is -0.153. The minimum absolute atomic E-state index is 0.213. The zero-order valence-electron chi connectivity index (χ0n) is 14.2. The van der Waals surface area contributed by atoms with Crippen LogP contribution in [-0.2, 0) is 20.7 Å². The van der Waals surface area contributed by atoms with Gasteiger partial charge in [-0.25, -0.2) is 0 Å². The van der Waals surface area contributed by atoms with E-state index in [-0.39, 0.29) is 13.2 Å². The predicted octanol–water partition coefficient (Wildman–Crippen LogP) is 3.08. The molecular weight excluding hydrogens is 358 g/mol. The van der Waals surface area contributed by atoms with E-state index in [9.17, 15) is 9.59 Å². The Balaban J connectivity index is 1.51. The maximum absolute atomic E-state index is 12.2. The van der Waals surface area contributed by atoms with Gasteiger partial charge in [-0.2, -0.15) is 0 Å². The first-order valence-corrected chi connectivity index (χ1v) is 8.44. The van der Waals surface area contributed by atoms with E-state index in [2.05, 4.69) is 5.32 Å². The molecule has 0 saturated carbocycles. The van der Waals surface area contributed by atoms with Crippen molar-refractivity contribution in [2.24, 2.45) is 5.92 Å². The number of anilines is 1. The van der Waals surface area contributed by atoms with Crippen molar-refractivity contribution in [1.29, 1.82) is 0 Å². The minimum Gasteiger partial charge on any atom is -0.497 e. The molecule has 7 heteroatoms. The van der Waals surface area contributed by atoms with Gasteiger partial charge in [-0.15, -0.1) is 0 Å². The molecule has 1 heterocycles. The standard InChI is InChI=1S/C19H18ClNO5/c1-24-16-4-2-3-15(9-16)21-18(22)11-26-19(23)13-7-12-8-14(20)5-6-17(12)25-10-13/h2-6,8-9,13H,7,10-11H2,1H3,(H,21,22)/t13-/m0/s1. The zero-order chi connectivity index (χ0) is 18.5. The van der Waals surface area contributed by atoms with E-state index in [1.54, 1.807) is 49.6 Å². The van der Waals surface area contributed by atoms with Crippen LogP contribution < -0.4 is 14.8 Å². The number of carbonyl (C=O) groups excluding carboxylic acids is 2. The Morgan fingerprint density at radius 2 is 2.12 bits per heavy atom. The quantitative estimate of drug-likeness (QED) is 0.813. The third-order valence-corrected chi connectivity index (χ3v) is 4.20. The summed E-state index contributed by atoms with van der Waals surface area (Å²) in [5.74, 6) is -0.0283. The highest BCUT2D eigenvalue weighted by Gasteiger charge is 2.28. The summed E-state index contributed by atoms with van der Waals surface area (Å²) < 4.78 is 15.8. The zero-order valence-corrected chi connectivity index (χ0v) is 14.9. The number of ether oxygens (including phenoxy) is 3. The fourth-order valence-electron chi connectivity index (χ4n) is 2.67. The van der Waals surface area contributed by atoms with Crippen LogP contribution in [0.3, 0.4) is 0 Å². The number of fused-ring (bicyclic) bond motifs is 1. The molecule has 0 fully saturated rings. The Morgan fingerprint density at radius 3 is 2.92 bits per heavy atom. The highest BCUT2D eigenvalue weighted by molar-refractivity contribution is 6.30. The van der Waals surface area contributed by atoms with Gasteiger partial charge in [-0.1, -0.05) is 17.7 Å². The molecule has 0 saturated heterocycles. The molecule has 1 N–H and O–H groups in total. The van der Waals surface area contributed by atoms with Crippen LogP contribution in [0.25, 0.3) is 0 Å². The molecular formula is C19H18ClNO5. The van der Waals surface area contributed by atoms with Gasteiger partial charge in [-0.3, -0.25) is 9.59 Å². The number of rotatable bonds is 5. The molecule has 26 heavy (non-hydrogen) atoms. The fourth-order valence-corrected chi connectivity index (χ4v) is 2.86. The van der Waals surface area contributed by atoms with Gasteiger partial charge in [0.2, 0.25) is 0 Å². The Bertz CT molecular complexity index is 823. The van der Waals surface area contributed by atoms with Crippen molar-refractivity contribution in [3.8, 4) is 11.5 Å². The van der Waals surface area contributed by atoms with Crippen molar-refractivity contribution < 1.29 is 23.8 Å². The summed E-state index contributed by atoms with van der Waals surface area (Å²) in [7, 11) is 1.54. The second kappa shape index (κ2) is 8.10. The number of nitrogens with one attached hydrogen (secondary N) is 1. The monoisotopic (exact) mass is 375 g/mol. The average molecular weight is 376 g/mol. The first-order chi connectivity index (χ1) is 12.5. The summed E-state index contributed by atoms with van der Waals surface area (Å²) >= 11 is 5.97. The molecule has 0 unspecified atom stereocenters. The lowest BCUT2D eigenvalue weighted by atomic mass is 9.97. The molecule has 1 amide bonds. The molecule has 3 rings (SSSR count). The number of hydrogen-bond donors (Lipinski definition) is 1. The van der Waals surface area contributed by atoms with Crippen LogP contribution in [0.2, 0.25) is 5.02 Å². The van der Waals surface area contributed by atoms with Gasteiger partial charge in [0.05, 0.1) is 13.0 Å². The van der Waals surface area contributed by atoms with Gasteiger partial charge >= 0.3 is 5.97 Å². The molecule has 2 aromatic rings. The first-order valence-electron chi connectivity index (χ1n) is 8.07. The Labute approximate surface area is 156 Å². The maximum atomic E-state index is 12.2. The Kier molecular flexibility index (Phi) is 5.63. The van der Waals surface area contributed by atoms with Crippen LogP contribution >= 0.6 is 11.6 Å². The maximum Gasteiger partial charge on any atom is 0.313 e. The molecule has 2 aromatic carbocycles. The van der Waals surface area contributed by atoms with Gasteiger partial charge in [-0.05, 0) is 42.3 Å². The van der Waals surface area contributed by atoms with Crippen LogP contribution in [0, 0.1) is 5.92 Å². The highest BCUT2D eigenvalue weighted by Crippen LogP contribution is 2.30. The molecule has 1 atom stereocenters. The predicted molar refractivity (Wildman–Crippen MR) is 96.7 cm³/mol. The molecule has 6 nitrogen and oxygen atoms in total. The van der Waals surface area contributed by atoms with E-state index in [0.29, 0.717) is 28.6 Å².